The average Bonchev–Trinajstić information content (AvgIpc) is 2.38. The number of hydrogen-bond donors (Lipinski definition) is 1. The average molecular weight is 274 g/mol. The van der Waals surface area contributed by atoms with E-state index in [0.717, 1.165) is 12.1 Å². The van der Waals surface area contributed by atoms with Gasteiger partial charge in [-0.2, -0.15) is 0 Å². The molecule has 0 atom stereocenters. The summed E-state index contributed by atoms with van der Waals surface area (Å²) in [4.78, 5) is 22.9. The van der Waals surface area contributed by atoms with Crippen molar-refractivity contribution in [3.8, 4) is 11.5 Å². The predicted octanol–water partition coefficient (Wildman–Crippen LogP) is 2.08. The third-order valence-corrected chi connectivity index (χ3v) is 2.29. The molecular formula is C12H12F2O5. The van der Waals surface area contributed by atoms with Crippen molar-refractivity contribution in [2.45, 2.75) is 13.3 Å². The normalized spacial score (nSPS) is 10.4. The van der Waals surface area contributed by atoms with Gasteiger partial charge < -0.3 is 14.6 Å². The van der Waals surface area contributed by atoms with Gasteiger partial charge in [0.25, 0.3) is 12.2 Å². The number of carbonyl (C=O) groups excluding carboxylic acids is 2. The molecule has 104 valence electrons. The molecule has 1 N–H and O–H groups in total. The fraction of sp³-hybridized carbons (Fsp3) is 0.333. The van der Waals surface area contributed by atoms with E-state index in [0.29, 0.717) is 0 Å². The minimum Gasteiger partial charge on any atom is -0.507 e. The summed E-state index contributed by atoms with van der Waals surface area (Å²) in [6, 6.07) is 1.89. The number of rotatable bonds is 5. The van der Waals surface area contributed by atoms with Crippen LogP contribution in [0.1, 0.15) is 29.3 Å². The van der Waals surface area contributed by atoms with Gasteiger partial charge in [0, 0.05) is 0 Å². The SMILES string of the molecule is CCOC(=O)C(=O)c1cc(OC)cc(C(F)F)c1O. The molecule has 0 aliphatic rings. The molecule has 7 heteroatoms. The molecule has 0 unspecified atom stereocenters. The zero-order valence-electron chi connectivity index (χ0n) is 10.3. The third kappa shape index (κ3) is 3.18. The van der Waals surface area contributed by atoms with Crippen LogP contribution in [0.3, 0.4) is 0 Å². The van der Waals surface area contributed by atoms with E-state index in [2.05, 4.69) is 4.74 Å². The van der Waals surface area contributed by atoms with Gasteiger partial charge in [0.15, 0.2) is 0 Å². The molecule has 0 heterocycles. The summed E-state index contributed by atoms with van der Waals surface area (Å²) in [7, 11) is 1.21. The Kier molecular flexibility index (Phi) is 4.80. The number of benzene rings is 1. The van der Waals surface area contributed by atoms with Crippen LogP contribution < -0.4 is 4.74 Å². The number of methoxy groups -OCH3 is 1. The summed E-state index contributed by atoms with van der Waals surface area (Å²) in [5.41, 5.74) is -1.36. The lowest BCUT2D eigenvalue weighted by Gasteiger charge is -2.11. The molecule has 0 spiro atoms. The first-order valence-corrected chi connectivity index (χ1v) is 5.32. The van der Waals surface area contributed by atoms with Gasteiger partial charge in [-0.15, -0.1) is 0 Å². The highest BCUT2D eigenvalue weighted by molar-refractivity contribution is 6.41. The van der Waals surface area contributed by atoms with Crippen LogP contribution in [0.2, 0.25) is 0 Å². The van der Waals surface area contributed by atoms with E-state index >= 15 is 0 Å². The number of hydrogen-bond acceptors (Lipinski definition) is 5. The van der Waals surface area contributed by atoms with Gasteiger partial charge in [-0.1, -0.05) is 0 Å². The lowest BCUT2D eigenvalue weighted by Crippen LogP contribution is -2.18. The second-order valence-corrected chi connectivity index (χ2v) is 3.46. The number of phenols is 1. The number of halogens is 2. The molecule has 1 aromatic carbocycles. The molecule has 0 aliphatic heterocycles. The fourth-order valence-electron chi connectivity index (χ4n) is 1.39. The molecule has 5 nitrogen and oxygen atoms in total. The Labute approximate surface area is 107 Å². The summed E-state index contributed by atoms with van der Waals surface area (Å²) < 4.78 is 34.6. The number of ketones is 1. The molecule has 0 bridgehead atoms. The molecule has 0 radical (unpaired) electrons. The van der Waals surface area contributed by atoms with Crippen LogP contribution in [-0.4, -0.2) is 30.6 Å². The Morgan fingerprint density at radius 3 is 2.47 bits per heavy atom. The van der Waals surface area contributed by atoms with Gasteiger partial charge in [-0.05, 0) is 19.1 Å². The maximum atomic E-state index is 12.7. The maximum absolute atomic E-state index is 12.7. The summed E-state index contributed by atoms with van der Waals surface area (Å²) in [5, 5.41) is 9.60. The van der Waals surface area contributed by atoms with Crippen molar-refractivity contribution in [2.75, 3.05) is 13.7 Å². The van der Waals surface area contributed by atoms with Crippen molar-refractivity contribution in [1.82, 2.24) is 0 Å². The Bertz CT molecular complexity index is 499. The lowest BCUT2D eigenvalue weighted by molar-refractivity contribution is -0.137. The highest BCUT2D eigenvalue weighted by Gasteiger charge is 2.26. The minimum atomic E-state index is -3.01. The zero-order valence-corrected chi connectivity index (χ0v) is 10.3. The predicted molar refractivity (Wildman–Crippen MR) is 60.6 cm³/mol. The number of carbonyl (C=O) groups is 2. The van der Waals surface area contributed by atoms with Gasteiger partial charge in [0.1, 0.15) is 11.5 Å². The minimum absolute atomic E-state index is 0.0446. The standard InChI is InChI=1S/C12H12F2O5/c1-3-19-12(17)10(16)7-4-6(18-2)5-8(9(7)15)11(13)14/h4-5,11,15H,3H2,1-2H3. The van der Waals surface area contributed by atoms with Crippen LogP contribution >= 0.6 is 0 Å². The largest absolute Gasteiger partial charge is 0.507 e. The molecule has 0 saturated heterocycles. The van der Waals surface area contributed by atoms with Crippen LogP contribution in [0, 0.1) is 0 Å². The number of alkyl halides is 2. The van der Waals surface area contributed by atoms with Crippen molar-refractivity contribution in [3.05, 3.63) is 23.3 Å². The number of esters is 1. The number of aromatic hydroxyl groups is 1. The monoisotopic (exact) mass is 274 g/mol. The number of ether oxygens (including phenoxy) is 2. The van der Waals surface area contributed by atoms with Gasteiger partial charge >= 0.3 is 5.97 Å². The van der Waals surface area contributed by atoms with E-state index < -0.39 is 35.1 Å². The molecule has 0 aromatic heterocycles. The summed E-state index contributed by atoms with van der Waals surface area (Å²) in [6.07, 6.45) is -3.01. The zero-order chi connectivity index (χ0) is 14.6. The van der Waals surface area contributed by atoms with Crippen LogP contribution in [0.25, 0.3) is 0 Å². The molecule has 0 saturated carbocycles. The third-order valence-electron chi connectivity index (χ3n) is 2.29. The van der Waals surface area contributed by atoms with Gasteiger partial charge in [-0.3, -0.25) is 4.79 Å². The Hall–Kier alpha value is -2.18. The Morgan fingerprint density at radius 2 is 2.00 bits per heavy atom. The highest BCUT2D eigenvalue weighted by atomic mass is 19.3. The molecule has 0 aliphatic carbocycles. The fourth-order valence-corrected chi connectivity index (χ4v) is 1.39. The quantitative estimate of drug-likeness (QED) is 0.505. The number of phenolic OH excluding ortho intramolecular Hbond substituents is 1. The molecule has 1 aromatic rings. The lowest BCUT2D eigenvalue weighted by atomic mass is 10.0. The second-order valence-electron chi connectivity index (χ2n) is 3.46. The highest BCUT2D eigenvalue weighted by Crippen LogP contribution is 2.35. The van der Waals surface area contributed by atoms with Crippen LogP contribution in [-0.2, 0) is 9.53 Å². The molecule has 0 fully saturated rings. The molecule has 19 heavy (non-hydrogen) atoms. The van der Waals surface area contributed by atoms with Crippen LogP contribution in [0.15, 0.2) is 12.1 Å². The number of Topliss-reactive ketones (excluding diaryl/α,β-unsaturated/α-hetero) is 1. The van der Waals surface area contributed by atoms with E-state index in [1.807, 2.05) is 0 Å². The van der Waals surface area contributed by atoms with E-state index in [4.69, 9.17) is 4.74 Å². The van der Waals surface area contributed by atoms with Crippen LogP contribution in [0.4, 0.5) is 8.78 Å². The van der Waals surface area contributed by atoms with E-state index in [1.54, 1.807) is 0 Å². The molecule has 0 amide bonds. The van der Waals surface area contributed by atoms with Crippen molar-refractivity contribution in [2.24, 2.45) is 0 Å². The first-order chi connectivity index (χ1) is 8.92. The van der Waals surface area contributed by atoms with E-state index in [1.165, 1.54) is 14.0 Å². The maximum Gasteiger partial charge on any atom is 0.379 e. The van der Waals surface area contributed by atoms with E-state index in [-0.39, 0.29) is 12.4 Å². The van der Waals surface area contributed by atoms with Crippen molar-refractivity contribution >= 4 is 11.8 Å². The summed E-state index contributed by atoms with van der Waals surface area (Å²) in [6.45, 7) is 1.44. The second kappa shape index (κ2) is 6.12. The molecule has 1 rings (SSSR count). The Morgan fingerprint density at radius 1 is 1.37 bits per heavy atom. The summed E-state index contributed by atoms with van der Waals surface area (Å²) >= 11 is 0. The van der Waals surface area contributed by atoms with Gasteiger partial charge in [-0.25, -0.2) is 13.6 Å². The Balaban J connectivity index is 3.30. The first-order valence-electron chi connectivity index (χ1n) is 5.32. The van der Waals surface area contributed by atoms with E-state index in [9.17, 15) is 23.5 Å². The van der Waals surface area contributed by atoms with Crippen molar-refractivity contribution in [1.29, 1.82) is 0 Å². The topological polar surface area (TPSA) is 72.8 Å². The molecular weight excluding hydrogens is 262 g/mol. The van der Waals surface area contributed by atoms with Gasteiger partial charge in [0.2, 0.25) is 0 Å². The smallest absolute Gasteiger partial charge is 0.379 e. The van der Waals surface area contributed by atoms with Gasteiger partial charge in [0.05, 0.1) is 24.8 Å². The summed E-state index contributed by atoms with van der Waals surface area (Å²) in [5.74, 6) is -3.46. The van der Waals surface area contributed by atoms with Crippen molar-refractivity contribution in [3.63, 3.8) is 0 Å². The van der Waals surface area contributed by atoms with Crippen molar-refractivity contribution < 1.29 is 33.0 Å². The first kappa shape index (κ1) is 14.9. The van der Waals surface area contributed by atoms with Crippen LogP contribution in [0.5, 0.6) is 11.5 Å².